The molecule has 1 aromatic rings. The van der Waals surface area contributed by atoms with Gasteiger partial charge in [-0.3, -0.25) is 29.4 Å². The summed E-state index contributed by atoms with van der Waals surface area (Å²) in [5.74, 6) is -1.92. The van der Waals surface area contributed by atoms with Crippen LogP contribution in [0.25, 0.3) is 0 Å². The third kappa shape index (κ3) is 2.80. The Morgan fingerprint density at radius 3 is 2.35 bits per heavy atom. The largest absolute Gasteiger partial charge is 0.369 e. The van der Waals surface area contributed by atoms with E-state index in [0.29, 0.717) is 11.1 Å². The van der Waals surface area contributed by atoms with Crippen molar-refractivity contribution in [3.63, 3.8) is 0 Å². The molecule has 0 aliphatic carbocycles. The average Bonchev–Trinajstić information content (AvgIpc) is 2.87. The van der Waals surface area contributed by atoms with Crippen molar-refractivity contribution in [2.24, 2.45) is 0 Å². The number of piperidine rings is 1. The van der Waals surface area contributed by atoms with Crippen molar-refractivity contribution < 1.29 is 19.2 Å². The molecule has 3 aliphatic rings. The fourth-order valence-corrected chi connectivity index (χ4v) is 3.91. The van der Waals surface area contributed by atoms with Crippen LogP contribution in [0.4, 0.5) is 5.69 Å². The molecule has 2 fully saturated rings. The topological polar surface area (TPSA) is 90.0 Å². The predicted octanol–water partition coefficient (Wildman–Crippen LogP) is 0.520. The van der Waals surface area contributed by atoms with E-state index >= 15 is 0 Å². The number of nitrogens with one attached hydrogen (secondary N) is 1. The molecule has 0 aromatic heterocycles. The zero-order chi connectivity index (χ0) is 18.4. The Morgan fingerprint density at radius 1 is 0.962 bits per heavy atom. The van der Waals surface area contributed by atoms with Gasteiger partial charge in [-0.2, -0.15) is 0 Å². The highest BCUT2D eigenvalue weighted by Gasteiger charge is 2.44. The normalized spacial score (nSPS) is 24.1. The first kappa shape index (κ1) is 17.2. The molecule has 9 heteroatoms. The summed E-state index contributed by atoms with van der Waals surface area (Å²) < 4.78 is 2.05. The van der Waals surface area contributed by atoms with Crippen LogP contribution in [-0.4, -0.2) is 64.7 Å². The Hall–Kier alpha value is -2.26. The van der Waals surface area contributed by atoms with Crippen molar-refractivity contribution in [1.29, 1.82) is 0 Å². The van der Waals surface area contributed by atoms with Crippen molar-refractivity contribution >= 4 is 45.5 Å². The third-order valence-corrected chi connectivity index (χ3v) is 5.72. The summed E-state index contributed by atoms with van der Waals surface area (Å²) in [7, 11) is 0. The van der Waals surface area contributed by atoms with Gasteiger partial charge in [0.05, 0.1) is 11.1 Å². The second-order valence-electron chi connectivity index (χ2n) is 6.57. The molecule has 1 N–H and O–H groups in total. The third-order valence-electron chi connectivity index (χ3n) is 5.01. The van der Waals surface area contributed by atoms with Crippen molar-refractivity contribution in [3.8, 4) is 0 Å². The molecule has 3 heterocycles. The van der Waals surface area contributed by atoms with E-state index < -0.39 is 23.8 Å². The van der Waals surface area contributed by atoms with E-state index in [1.165, 1.54) is 0 Å². The van der Waals surface area contributed by atoms with Gasteiger partial charge in [0.15, 0.2) is 0 Å². The van der Waals surface area contributed by atoms with E-state index in [1.807, 2.05) is 6.07 Å². The van der Waals surface area contributed by atoms with Crippen LogP contribution in [0, 0.1) is 0 Å². The van der Waals surface area contributed by atoms with Crippen LogP contribution in [0.5, 0.6) is 0 Å². The lowest BCUT2D eigenvalue weighted by molar-refractivity contribution is -0.136. The number of benzene rings is 1. The Morgan fingerprint density at radius 2 is 1.65 bits per heavy atom. The quantitative estimate of drug-likeness (QED) is 0.553. The van der Waals surface area contributed by atoms with E-state index in [4.69, 9.17) is 0 Å². The summed E-state index contributed by atoms with van der Waals surface area (Å²) in [5.41, 5.74) is 1.51. The molecule has 4 rings (SSSR count). The molecule has 0 saturated carbocycles. The van der Waals surface area contributed by atoms with Gasteiger partial charge >= 0.3 is 0 Å². The summed E-state index contributed by atoms with van der Waals surface area (Å²) in [6.45, 7) is 3.32. The number of fused-ring (bicyclic) bond motifs is 1. The molecule has 0 radical (unpaired) electrons. The summed E-state index contributed by atoms with van der Waals surface area (Å²) >= 11 is 3.46. The molecule has 1 atom stereocenters. The summed E-state index contributed by atoms with van der Waals surface area (Å²) in [6, 6.07) is 4.28. The van der Waals surface area contributed by atoms with Gasteiger partial charge in [0, 0.05) is 54.4 Å². The highest BCUT2D eigenvalue weighted by molar-refractivity contribution is 9.07. The number of amides is 4. The van der Waals surface area contributed by atoms with E-state index in [9.17, 15) is 19.2 Å². The molecule has 136 valence electrons. The number of hydrogen-bond donors (Lipinski definition) is 1. The lowest BCUT2D eigenvalue weighted by Crippen LogP contribution is -2.54. The van der Waals surface area contributed by atoms with Crippen molar-refractivity contribution in [1.82, 2.24) is 14.1 Å². The lowest BCUT2D eigenvalue weighted by Gasteiger charge is -2.33. The molecule has 1 aromatic carbocycles. The predicted molar refractivity (Wildman–Crippen MR) is 95.8 cm³/mol. The van der Waals surface area contributed by atoms with Crippen molar-refractivity contribution in [3.05, 3.63) is 29.3 Å². The highest BCUT2D eigenvalue weighted by atomic mass is 79.9. The highest BCUT2D eigenvalue weighted by Crippen LogP contribution is 2.31. The Balaban J connectivity index is 1.60. The first-order valence-corrected chi connectivity index (χ1v) is 9.18. The first-order valence-electron chi connectivity index (χ1n) is 8.47. The molecule has 4 amide bonds. The van der Waals surface area contributed by atoms with E-state index in [2.05, 4.69) is 30.3 Å². The zero-order valence-corrected chi connectivity index (χ0v) is 15.5. The molecule has 0 bridgehead atoms. The van der Waals surface area contributed by atoms with E-state index in [0.717, 1.165) is 36.8 Å². The Bertz CT molecular complexity index is 819. The molecule has 26 heavy (non-hydrogen) atoms. The molecule has 8 nitrogen and oxygen atoms in total. The smallest absolute Gasteiger partial charge is 0.262 e. The van der Waals surface area contributed by atoms with Crippen molar-refractivity contribution in [2.75, 3.05) is 31.1 Å². The number of carbonyl (C=O) groups is 4. The van der Waals surface area contributed by atoms with Crippen LogP contribution in [-0.2, 0) is 9.59 Å². The number of imide groups is 2. The molecule has 2 saturated heterocycles. The van der Waals surface area contributed by atoms with Gasteiger partial charge in [-0.25, -0.2) is 3.93 Å². The first-order chi connectivity index (χ1) is 12.5. The molecule has 3 aliphatic heterocycles. The molecular formula is C17H17BrN4O4. The fraction of sp³-hybridized carbons (Fsp3) is 0.412. The SMILES string of the molecule is O=C1CCC(N2C(=O)c3ccc(N4CCN(Br)CC4)cc3C2=O)C(=O)N1. The number of carbonyl (C=O) groups excluding carboxylic acids is 4. The van der Waals surface area contributed by atoms with Crippen LogP contribution in [0.15, 0.2) is 18.2 Å². The van der Waals surface area contributed by atoms with E-state index in [-0.39, 0.29) is 18.7 Å². The Labute approximate surface area is 158 Å². The Kier molecular flexibility index (Phi) is 4.28. The van der Waals surface area contributed by atoms with Gasteiger partial charge in [0.25, 0.3) is 11.8 Å². The maximum atomic E-state index is 12.8. The number of nitrogens with zero attached hydrogens (tertiary/aromatic N) is 3. The number of halogens is 1. The second-order valence-corrected chi connectivity index (χ2v) is 7.58. The number of anilines is 1. The van der Waals surface area contributed by atoms with Gasteiger partial charge in [0.2, 0.25) is 11.8 Å². The summed E-state index contributed by atoms with van der Waals surface area (Å²) in [5, 5.41) is 2.20. The van der Waals surface area contributed by atoms with Gasteiger partial charge in [-0.05, 0) is 24.6 Å². The monoisotopic (exact) mass is 420 g/mol. The lowest BCUT2D eigenvalue weighted by atomic mass is 10.0. The second kappa shape index (κ2) is 6.48. The van der Waals surface area contributed by atoms with Crippen molar-refractivity contribution in [2.45, 2.75) is 18.9 Å². The molecular weight excluding hydrogens is 404 g/mol. The number of hydrogen-bond acceptors (Lipinski definition) is 6. The van der Waals surface area contributed by atoms with Gasteiger partial charge in [-0.15, -0.1) is 0 Å². The van der Waals surface area contributed by atoms with Crippen LogP contribution < -0.4 is 10.2 Å². The van der Waals surface area contributed by atoms with Crippen LogP contribution in [0.1, 0.15) is 33.6 Å². The number of piperazine rings is 1. The van der Waals surface area contributed by atoms with Crippen LogP contribution >= 0.6 is 16.1 Å². The minimum Gasteiger partial charge on any atom is -0.369 e. The van der Waals surface area contributed by atoms with Gasteiger partial charge in [-0.1, -0.05) is 0 Å². The van der Waals surface area contributed by atoms with Gasteiger partial charge in [0.1, 0.15) is 6.04 Å². The maximum absolute atomic E-state index is 12.8. The van der Waals surface area contributed by atoms with E-state index in [1.54, 1.807) is 12.1 Å². The minimum atomic E-state index is -0.930. The molecule has 0 spiro atoms. The standard InChI is InChI=1S/C17H17BrN4O4/c18-21-7-5-20(6-8-21)10-1-2-11-12(9-10)17(26)22(16(11)25)13-3-4-14(23)19-15(13)24/h1-2,9,13H,3-8H2,(H,19,23,24). The maximum Gasteiger partial charge on any atom is 0.262 e. The van der Waals surface area contributed by atoms with Crippen LogP contribution in [0.3, 0.4) is 0 Å². The van der Waals surface area contributed by atoms with Crippen LogP contribution in [0.2, 0.25) is 0 Å². The molecule has 1 unspecified atom stereocenters. The summed E-state index contributed by atoms with van der Waals surface area (Å²) in [6.07, 6.45) is 0.280. The summed E-state index contributed by atoms with van der Waals surface area (Å²) in [4.78, 5) is 52.1. The number of rotatable bonds is 2. The minimum absolute atomic E-state index is 0.117. The fourth-order valence-electron chi connectivity index (χ4n) is 3.60. The zero-order valence-electron chi connectivity index (χ0n) is 13.9. The van der Waals surface area contributed by atoms with Gasteiger partial charge < -0.3 is 4.90 Å². The average molecular weight is 421 g/mol.